The van der Waals surface area contributed by atoms with Crippen LogP contribution in [0.25, 0.3) is 0 Å². The minimum Gasteiger partial charge on any atom is -0.499 e. The molecule has 0 saturated carbocycles. The summed E-state index contributed by atoms with van der Waals surface area (Å²) in [7, 11) is 0. The smallest absolute Gasteiger partial charge is 0.123 e. The third-order valence-electron chi connectivity index (χ3n) is 2.20. The van der Waals surface area contributed by atoms with E-state index in [9.17, 15) is 9.50 Å². The molecule has 0 saturated heterocycles. The highest BCUT2D eigenvalue weighted by Crippen LogP contribution is 2.00. The van der Waals surface area contributed by atoms with Crippen molar-refractivity contribution in [3.05, 3.63) is 48.5 Å². The molecular weight excluding hydrogens is 249 g/mol. The maximum Gasteiger partial charge on any atom is 0.123 e. The van der Waals surface area contributed by atoms with Gasteiger partial charge in [0.2, 0.25) is 0 Å². The van der Waals surface area contributed by atoms with Crippen LogP contribution in [0, 0.1) is 5.82 Å². The van der Waals surface area contributed by atoms with Gasteiger partial charge in [0.25, 0.3) is 0 Å². The second-order valence-corrected chi connectivity index (χ2v) is 3.81. The fourth-order valence-electron chi connectivity index (χ4n) is 1.29. The third-order valence-corrected chi connectivity index (χ3v) is 2.20. The zero-order valence-electron chi connectivity index (χ0n) is 10.7. The molecule has 4 nitrogen and oxygen atoms in total. The number of aliphatic hydroxyl groups excluding tert-OH is 1. The van der Waals surface area contributed by atoms with Crippen molar-refractivity contribution in [3.8, 4) is 0 Å². The molecule has 0 bridgehead atoms. The van der Waals surface area contributed by atoms with Crippen LogP contribution in [-0.2, 0) is 9.47 Å². The van der Waals surface area contributed by atoms with Crippen LogP contribution in [0.5, 0.6) is 0 Å². The van der Waals surface area contributed by atoms with E-state index in [0.29, 0.717) is 13.2 Å². The average molecular weight is 267 g/mol. The molecule has 1 rings (SSSR count). The van der Waals surface area contributed by atoms with E-state index in [1.807, 2.05) is 0 Å². The Balaban J connectivity index is 2.16. The van der Waals surface area contributed by atoms with Crippen LogP contribution in [-0.4, -0.2) is 43.8 Å². The Kier molecular flexibility index (Phi) is 7.46. The number of ether oxygens (including phenoxy) is 2. The van der Waals surface area contributed by atoms with Crippen LogP contribution >= 0.6 is 0 Å². The fourth-order valence-corrected chi connectivity index (χ4v) is 1.29. The lowest BCUT2D eigenvalue weighted by atomic mass is 10.2. The van der Waals surface area contributed by atoms with Gasteiger partial charge in [0, 0.05) is 6.21 Å². The summed E-state index contributed by atoms with van der Waals surface area (Å²) in [6, 6.07) is 5.96. The summed E-state index contributed by atoms with van der Waals surface area (Å²) in [5.74, 6) is -0.285. The predicted octanol–water partition coefficient (Wildman–Crippen LogP) is 1.78. The SMILES string of the molecule is C=COCCOCC(O)CN=Cc1ccc(F)cc1. The zero-order chi connectivity index (χ0) is 13.9. The van der Waals surface area contributed by atoms with Crippen molar-refractivity contribution in [1.29, 1.82) is 0 Å². The lowest BCUT2D eigenvalue weighted by Crippen LogP contribution is -2.20. The Hall–Kier alpha value is -1.72. The molecule has 19 heavy (non-hydrogen) atoms. The number of hydrogen-bond donors (Lipinski definition) is 1. The van der Waals surface area contributed by atoms with E-state index in [1.165, 1.54) is 18.4 Å². The molecule has 0 spiro atoms. The Bertz CT molecular complexity index is 392. The quantitative estimate of drug-likeness (QED) is 0.421. The maximum atomic E-state index is 12.6. The summed E-state index contributed by atoms with van der Waals surface area (Å²) in [5, 5.41) is 9.57. The standard InChI is InChI=1S/C14H18FNO3/c1-2-18-7-8-19-11-14(17)10-16-9-12-3-5-13(15)6-4-12/h2-6,9,14,17H,1,7-8,10-11H2. The Labute approximate surface area is 112 Å². The summed E-state index contributed by atoms with van der Waals surface area (Å²) < 4.78 is 22.7. The van der Waals surface area contributed by atoms with Crippen LogP contribution in [0.3, 0.4) is 0 Å². The van der Waals surface area contributed by atoms with Crippen molar-refractivity contribution in [1.82, 2.24) is 0 Å². The molecule has 0 fully saturated rings. The molecule has 1 aromatic rings. The first kappa shape index (κ1) is 15.3. The van der Waals surface area contributed by atoms with E-state index in [1.54, 1.807) is 18.3 Å². The molecular formula is C14H18FNO3. The highest BCUT2D eigenvalue weighted by atomic mass is 19.1. The monoisotopic (exact) mass is 267 g/mol. The van der Waals surface area contributed by atoms with Gasteiger partial charge in [-0.3, -0.25) is 4.99 Å². The molecule has 1 unspecified atom stereocenters. The van der Waals surface area contributed by atoms with Gasteiger partial charge in [0.1, 0.15) is 12.4 Å². The molecule has 1 aromatic carbocycles. The van der Waals surface area contributed by atoms with Gasteiger partial charge < -0.3 is 14.6 Å². The van der Waals surface area contributed by atoms with E-state index in [0.717, 1.165) is 5.56 Å². The number of hydrogen-bond acceptors (Lipinski definition) is 4. The van der Waals surface area contributed by atoms with Gasteiger partial charge in [0.05, 0.1) is 32.1 Å². The number of nitrogens with zero attached hydrogens (tertiary/aromatic N) is 1. The third kappa shape index (κ3) is 7.33. The number of benzene rings is 1. The highest BCUT2D eigenvalue weighted by molar-refractivity contribution is 5.79. The van der Waals surface area contributed by atoms with Gasteiger partial charge in [-0.25, -0.2) is 4.39 Å². The van der Waals surface area contributed by atoms with Crippen molar-refractivity contribution >= 4 is 6.21 Å². The van der Waals surface area contributed by atoms with E-state index in [2.05, 4.69) is 11.6 Å². The average Bonchev–Trinajstić information content (AvgIpc) is 2.41. The van der Waals surface area contributed by atoms with E-state index in [-0.39, 0.29) is 19.0 Å². The van der Waals surface area contributed by atoms with Crippen molar-refractivity contribution in [2.24, 2.45) is 4.99 Å². The number of aliphatic hydroxyl groups is 1. The van der Waals surface area contributed by atoms with Crippen LogP contribution in [0.1, 0.15) is 5.56 Å². The Morgan fingerprint density at radius 1 is 1.32 bits per heavy atom. The van der Waals surface area contributed by atoms with Gasteiger partial charge in [-0.2, -0.15) is 0 Å². The Morgan fingerprint density at radius 3 is 2.74 bits per heavy atom. The van der Waals surface area contributed by atoms with Crippen molar-refractivity contribution < 1.29 is 19.0 Å². The summed E-state index contributed by atoms with van der Waals surface area (Å²) in [6.45, 7) is 4.64. The molecule has 0 amide bonds. The van der Waals surface area contributed by atoms with E-state index >= 15 is 0 Å². The molecule has 0 radical (unpaired) electrons. The Morgan fingerprint density at radius 2 is 2.05 bits per heavy atom. The maximum absolute atomic E-state index is 12.6. The topological polar surface area (TPSA) is 51.0 Å². The van der Waals surface area contributed by atoms with E-state index in [4.69, 9.17) is 9.47 Å². The minimum atomic E-state index is -0.666. The van der Waals surface area contributed by atoms with Gasteiger partial charge >= 0.3 is 0 Å². The normalized spacial score (nSPS) is 12.5. The first-order valence-electron chi connectivity index (χ1n) is 5.96. The van der Waals surface area contributed by atoms with Crippen LogP contribution in [0.2, 0.25) is 0 Å². The lowest BCUT2D eigenvalue weighted by molar-refractivity contribution is 0.0229. The largest absolute Gasteiger partial charge is 0.499 e. The summed E-state index contributed by atoms with van der Waals surface area (Å²) >= 11 is 0. The van der Waals surface area contributed by atoms with Gasteiger partial charge in [-0.1, -0.05) is 18.7 Å². The zero-order valence-corrected chi connectivity index (χ0v) is 10.7. The molecule has 0 aliphatic heterocycles. The van der Waals surface area contributed by atoms with Gasteiger partial charge in [0.15, 0.2) is 0 Å². The first-order valence-corrected chi connectivity index (χ1v) is 5.96. The molecule has 1 atom stereocenters. The minimum absolute atomic E-state index is 0.196. The second-order valence-electron chi connectivity index (χ2n) is 3.81. The first-order chi connectivity index (χ1) is 9.22. The van der Waals surface area contributed by atoms with Crippen LogP contribution in [0.4, 0.5) is 4.39 Å². The van der Waals surface area contributed by atoms with Crippen molar-refractivity contribution in [2.45, 2.75) is 6.10 Å². The van der Waals surface area contributed by atoms with Crippen LogP contribution < -0.4 is 0 Å². The lowest BCUT2D eigenvalue weighted by Gasteiger charge is -2.08. The summed E-state index contributed by atoms with van der Waals surface area (Å²) in [4.78, 5) is 4.06. The molecule has 0 aliphatic carbocycles. The molecule has 1 N–H and O–H groups in total. The predicted molar refractivity (Wildman–Crippen MR) is 71.8 cm³/mol. The fraction of sp³-hybridized carbons (Fsp3) is 0.357. The summed E-state index contributed by atoms with van der Waals surface area (Å²) in [6.07, 6.45) is 2.26. The second kappa shape index (κ2) is 9.24. The molecule has 0 aliphatic rings. The van der Waals surface area contributed by atoms with Crippen LogP contribution in [0.15, 0.2) is 42.1 Å². The van der Waals surface area contributed by atoms with E-state index < -0.39 is 6.10 Å². The number of aliphatic imine (C=N–C) groups is 1. The molecule has 0 heterocycles. The van der Waals surface area contributed by atoms with Gasteiger partial charge in [-0.05, 0) is 17.7 Å². The van der Waals surface area contributed by atoms with Gasteiger partial charge in [-0.15, -0.1) is 0 Å². The van der Waals surface area contributed by atoms with Crippen molar-refractivity contribution in [2.75, 3.05) is 26.4 Å². The number of halogens is 1. The molecule has 5 heteroatoms. The molecule has 104 valence electrons. The number of rotatable bonds is 9. The van der Waals surface area contributed by atoms with Crippen molar-refractivity contribution in [3.63, 3.8) is 0 Å². The molecule has 0 aromatic heterocycles. The summed E-state index contributed by atoms with van der Waals surface area (Å²) in [5.41, 5.74) is 0.786. The highest BCUT2D eigenvalue weighted by Gasteiger charge is 2.02.